The molecule has 0 radical (unpaired) electrons. The van der Waals surface area contributed by atoms with E-state index in [1.54, 1.807) is 13.0 Å². The largest absolute Gasteiger partial charge is 0.435 e. The van der Waals surface area contributed by atoms with Crippen molar-refractivity contribution in [3.05, 3.63) is 68.4 Å². The van der Waals surface area contributed by atoms with Gasteiger partial charge < -0.3 is 15.5 Å². The number of carbonyl (C=O) groups excluding carboxylic acids is 1. The average Bonchev–Trinajstić information content (AvgIpc) is 3.15. The van der Waals surface area contributed by atoms with Crippen LogP contribution in [0.3, 0.4) is 0 Å². The molecule has 1 saturated heterocycles. The van der Waals surface area contributed by atoms with Crippen LogP contribution in [0.15, 0.2) is 35.5 Å². The molecule has 2 aromatic carbocycles. The van der Waals surface area contributed by atoms with Crippen LogP contribution in [0, 0.1) is 12.7 Å². The molecule has 2 heterocycles. The van der Waals surface area contributed by atoms with E-state index in [1.165, 1.54) is 12.1 Å². The summed E-state index contributed by atoms with van der Waals surface area (Å²) >= 11 is 11.4. The Morgan fingerprint density at radius 2 is 1.88 bits per heavy atom. The minimum atomic E-state index is -4.89. The first-order valence-electron chi connectivity index (χ1n) is 9.61. The number of halogens is 6. The molecule has 1 amide bonds. The van der Waals surface area contributed by atoms with Crippen molar-refractivity contribution in [3.8, 4) is 0 Å². The summed E-state index contributed by atoms with van der Waals surface area (Å²) in [5.41, 5.74) is -1.94. The van der Waals surface area contributed by atoms with Gasteiger partial charge in [-0.05, 0) is 42.3 Å². The number of amides is 1. The van der Waals surface area contributed by atoms with E-state index in [9.17, 15) is 22.4 Å². The van der Waals surface area contributed by atoms with Gasteiger partial charge in [0.15, 0.2) is 5.82 Å². The van der Waals surface area contributed by atoms with Gasteiger partial charge >= 0.3 is 6.18 Å². The Balaban J connectivity index is 1.62. The Morgan fingerprint density at radius 1 is 1.22 bits per heavy atom. The molecule has 11 heteroatoms. The Labute approximate surface area is 190 Å². The molecule has 5 nitrogen and oxygen atoms in total. The predicted molar refractivity (Wildman–Crippen MR) is 112 cm³/mol. The number of hydrogen-bond acceptors (Lipinski definition) is 4. The van der Waals surface area contributed by atoms with Crippen LogP contribution in [0.2, 0.25) is 10.0 Å². The Morgan fingerprint density at radius 3 is 2.41 bits per heavy atom. The number of carbonyl (C=O) groups is 1. The molecule has 0 bridgehead atoms. The maximum atomic E-state index is 14.1. The summed E-state index contributed by atoms with van der Waals surface area (Å²) < 4.78 is 56.1. The number of benzene rings is 2. The molecular formula is C21H17Cl2F4N3O2. The van der Waals surface area contributed by atoms with E-state index in [-0.39, 0.29) is 17.7 Å². The fourth-order valence-corrected chi connectivity index (χ4v) is 4.09. The number of nitrogens with one attached hydrogen (secondary N) is 2. The van der Waals surface area contributed by atoms with Crippen molar-refractivity contribution in [2.45, 2.75) is 31.2 Å². The van der Waals surface area contributed by atoms with Crippen molar-refractivity contribution in [1.29, 1.82) is 0 Å². The van der Waals surface area contributed by atoms with Gasteiger partial charge in [0.25, 0.3) is 11.5 Å². The molecule has 4 rings (SSSR count). The molecule has 32 heavy (non-hydrogen) atoms. The number of nitrogens with zero attached hydrogens (tertiary/aromatic N) is 1. The summed E-state index contributed by atoms with van der Waals surface area (Å²) in [5, 5.41) is 8.49. The van der Waals surface area contributed by atoms with Gasteiger partial charge in [-0.3, -0.25) is 4.79 Å². The fraction of sp³-hybridized carbons (Fsp3) is 0.333. The third kappa shape index (κ3) is 3.93. The highest BCUT2D eigenvalue weighted by atomic mass is 35.5. The number of rotatable bonds is 4. The van der Waals surface area contributed by atoms with E-state index in [0.29, 0.717) is 29.8 Å². The van der Waals surface area contributed by atoms with Crippen LogP contribution in [0.25, 0.3) is 0 Å². The Hall–Kier alpha value is -2.36. The second kappa shape index (κ2) is 8.20. The standard InChI is InChI=1S/C21H17Cl2F4N3O2/c1-10-4-11(2-3-14(10)19(31)29-13-8-28-9-13)17-7-20(32-30-17,21(25,26)27)12-5-15(22)18(24)16(23)6-12/h2-6,13,28H,7-9H2,1H3,(H,29,31). The van der Waals surface area contributed by atoms with Crippen molar-refractivity contribution in [2.24, 2.45) is 5.16 Å². The lowest BCUT2D eigenvalue weighted by Crippen LogP contribution is -2.57. The quantitative estimate of drug-likeness (QED) is 0.482. The van der Waals surface area contributed by atoms with Crippen LogP contribution in [-0.4, -0.2) is 36.9 Å². The van der Waals surface area contributed by atoms with Crippen molar-refractivity contribution < 1.29 is 27.2 Å². The topological polar surface area (TPSA) is 62.7 Å². The monoisotopic (exact) mass is 489 g/mol. The van der Waals surface area contributed by atoms with E-state index < -0.39 is 39.6 Å². The van der Waals surface area contributed by atoms with E-state index >= 15 is 0 Å². The summed E-state index contributed by atoms with van der Waals surface area (Å²) in [5.74, 6) is -1.28. The molecule has 2 aliphatic rings. The molecule has 170 valence electrons. The zero-order valence-electron chi connectivity index (χ0n) is 16.6. The first kappa shape index (κ1) is 22.8. The normalized spacial score (nSPS) is 21.0. The zero-order chi connectivity index (χ0) is 23.3. The fourth-order valence-electron chi connectivity index (χ4n) is 3.60. The molecule has 1 atom stereocenters. The molecule has 0 aromatic heterocycles. The summed E-state index contributed by atoms with van der Waals surface area (Å²) in [7, 11) is 0. The van der Waals surface area contributed by atoms with Crippen LogP contribution in [-0.2, 0) is 10.4 Å². The second-order valence-electron chi connectivity index (χ2n) is 7.74. The summed E-state index contributed by atoms with van der Waals surface area (Å²) in [6.45, 7) is 3.06. The van der Waals surface area contributed by atoms with Gasteiger partial charge in [-0.1, -0.05) is 34.4 Å². The predicted octanol–water partition coefficient (Wildman–Crippen LogP) is 4.72. The molecule has 1 unspecified atom stereocenters. The Kier molecular flexibility index (Phi) is 5.85. The summed E-state index contributed by atoms with van der Waals surface area (Å²) in [4.78, 5) is 17.4. The first-order chi connectivity index (χ1) is 15.0. The van der Waals surface area contributed by atoms with Crippen LogP contribution in [0.1, 0.15) is 33.5 Å². The highest BCUT2D eigenvalue weighted by Gasteiger charge is 2.62. The SMILES string of the molecule is Cc1cc(C2=NOC(c3cc(Cl)c(F)c(Cl)c3)(C(F)(F)F)C2)ccc1C(=O)NC1CNC1. The highest BCUT2D eigenvalue weighted by Crippen LogP contribution is 2.50. The maximum absolute atomic E-state index is 14.1. The zero-order valence-corrected chi connectivity index (χ0v) is 18.1. The van der Waals surface area contributed by atoms with Gasteiger partial charge in [0, 0.05) is 30.6 Å². The van der Waals surface area contributed by atoms with Gasteiger partial charge in [-0.2, -0.15) is 13.2 Å². The molecule has 0 saturated carbocycles. The van der Waals surface area contributed by atoms with Crippen LogP contribution in [0.4, 0.5) is 17.6 Å². The Bertz CT molecular complexity index is 1100. The third-order valence-electron chi connectivity index (χ3n) is 5.56. The van der Waals surface area contributed by atoms with E-state index in [4.69, 9.17) is 28.0 Å². The van der Waals surface area contributed by atoms with Crippen molar-refractivity contribution in [2.75, 3.05) is 13.1 Å². The number of oxime groups is 1. The van der Waals surface area contributed by atoms with Crippen molar-refractivity contribution in [3.63, 3.8) is 0 Å². The first-order valence-corrected chi connectivity index (χ1v) is 10.4. The number of aryl methyl sites for hydroxylation is 1. The van der Waals surface area contributed by atoms with Gasteiger partial charge in [0.05, 0.1) is 21.8 Å². The van der Waals surface area contributed by atoms with Crippen molar-refractivity contribution in [1.82, 2.24) is 10.6 Å². The molecule has 0 spiro atoms. The third-order valence-corrected chi connectivity index (χ3v) is 6.11. The minimum Gasteiger partial charge on any atom is -0.374 e. The van der Waals surface area contributed by atoms with Gasteiger partial charge in [0.2, 0.25) is 0 Å². The molecule has 1 fully saturated rings. The lowest BCUT2D eigenvalue weighted by atomic mass is 9.86. The molecule has 2 aromatic rings. The lowest BCUT2D eigenvalue weighted by molar-refractivity contribution is -0.275. The summed E-state index contributed by atoms with van der Waals surface area (Å²) in [6.07, 6.45) is -5.57. The van der Waals surface area contributed by atoms with Crippen LogP contribution < -0.4 is 10.6 Å². The van der Waals surface area contributed by atoms with Crippen molar-refractivity contribution >= 4 is 34.8 Å². The number of hydrogen-bond donors (Lipinski definition) is 2. The molecular weight excluding hydrogens is 473 g/mol. The summed E-state index contributed by atoms with van der Waals surface area (Å²) in [6, 6.07) is 6.35. The molecule has 2 aliphatic heterocycles. The molecule has 2 N–H and O–H groups in total. The highest BCUT2D eigenvalue weighted by molar-refractivity contribution is 6.35. The van der Waals surface area contributed by atoms with Gasteiger partial charge in [-0.15, -0.1) is 0 Å². The van der Waals surface area contributed by atoms with Gasteiger partial charge in [-0.25, -0.2) is 4.39 Å². The number of alkyl halides is 3. The average molecular weight is 490 g/mol. The van der Waals surface area contributed by atoms with Gasteiger partial charge in [0.1, 0.15) is 0 Å². The maximum Gasteiger partial charge on any atom is 0.435 e. The van der Waals surface area contributed by atoms with Crippen LogP contribution >= 0.6 is 23.2 Å². The second-order valence-corrected chi connectivity index (χ2v) is 8.56. The smallest absolute Gasteiger partial charge is 0.374 e. The van der Waals surface area contributed by atoms with E-state index in [0.717, 1.165) is 12.1 Å². The van der Waals surface area contributed by atoms with Crippen LogP contribution in [0.5, 0.6) is 0 Å². The van der Waals surface area contributed by atoms with E-state index in [2.05, 4.69) is 15.8 Å². The van der Waals surface area contributed by atoms with E-state index in [1.807, 2.05) is 0 Å². The molecule has 0 aliphatic carbocycles. The lowest BCUT2D eigenvalue weighted by Gasteiger charge is -2.29. The minimum absolute atomic E-state index is 0.0251.